The number of benzene rings is 2. The molecule has 10 nitrogen and oxygen atoms in total. The monoisotopic (exact) mass is 716 g/mol. The van der Waals surface area contributed by atoms with E-state index in [2.05, 4.69) is 19.2 Å². The summed E-state index contributed by atoms with van der Waals surface area (Å²) in [5.41, 5.74) is 1.48. The van der Waals surface area contributed by atoms with Gasteiger partial charge >= 0.3 is 0 Å². The van der Waals surface area contributed by atoms with Gasteiger partial charge in [0.25, 0.3) is 0 Å². The van der Waals surface area contributed by atoms with Crippen LogP contribution in [0.15, 0.2) is 94.2 Å². The summed E-state index contributed by atoms with van der Waals surface area (Å²) in [6, 6.07) is 20.8. The fraction of sp³-hybridized carbons (Fsp3) is 0.476. The Morgan fingerprint density at radius 2 is 1.38 bits per heavy atom. The van der Waals surface area contributed by atoms with Crippen molar-refractivity contribution in [3.63, 3.8) is 0 Å². The topological polar surface area (TPSA) is 135 Å². The third-order valence-electron chi connectivity index (χ3n) is 9.53. The number of Topliss-reactive ketones (excluding diaryl/α,β-unsaturated/α-hetero) is 1. The maximum absolute atomic E-state index is 14.1. The largest absolute Gasteiger partial charge is 0.486 e. The van der Waals surface area contributed by atoms with E-state index in [0.717, 1.165) is 29.9 Å². The first-order chi connectivity index (χ1) is 25.0. The van der Waals surface area contributed by atoms with Crippen molar-refractivity contribution in [3.05, 3.63) is 108 Å². The summed E-state index contributed by atoms with van der Waals surface area (Å²) in [6.45, 7) is 6.49. The second-order valence-corrected chi connectivity index (χ2v) is 14.1. The molecule has 1 amide bonds. The molecule has 4 rings (SSSR count). The van der Waals surface area contributed by atoms with Gasteiger partial charge in [0.1, 0.15) is 36.2 Å². The SMILES string of the molecule is CN[C@@H](CC(C)CCC(O)Cc1ccc(OCc2ccco2)cc1)C(=O)N(C)[C@@H](CC(C)CCC(C)O)C(=O)c1cccc(OCc2ccco2)c1. The Morgan fingerprint density at radius 1 is 0.769 bits per heavy atom. The minimum Gasteiger partial charge on any atom is -0.486 e. The first-order valence-electron chi connectivity index (χ1n) is 18.4. The van der Waals surface area contributed by atoms with E-state index in [9.17, 15) is 19.8 Å². The van der Waals surface area contributed by atoms with Crippen LogP contribution in [0.3, 0.4) is 0 Å². The summed E-state index contributed by atoms with van der Waals surface area (Å²) in [4.78, 5) is 29.7. The minimum atomic E-state index is -0.702. The summed E-state index contributed by atoms with van der Waals surface area (Å²) in [7, 11) is 3.47. The summed E-state index contributed by atoms with van der Waals surface area (Å²) in [6.07, 6.45) is 6.46. The molecule has 0 saturated carbocycles. The average molecular weight is 717 g/mol. The maximum Gasteiger partial charge on any atom is 0.240 e. The van der Waals surface area contributed by atoms with Crippen LogP contribution in [0.25, 0.3) is 0 Å². The molecule has 0 radical (unpaired) electrons. The number of nitrogens with zero attached hydrogens (tertiary/aromatic N) is 1. The number of ether oxygens (including phenoxy) is 2. The number of furan rings is 2. The Balaban J connectivity index is 1.33. The molecule has 0 aliphatic heterocycles. The second-order valence-electron chi connectivity index (χ2n) is 14.1. The Labute approximate surface area is 308 Å². The van der Waals surface area contributed by atoms with Crippen LogP contribution >= 0.6 is 0 Å². The maximum atomic E-state index is 14.1. The van der Waals surface area contributed by atoms with Crippen molar-refractivity contribution in [1.29, 1.82) is 0 Å². The third-order valence-corrected chi connectivity index (χ3v) is 9.53. The van der Waals surface area contributed by atoms with Gasteiger partial charge in [-0.05, 0) is 125 Å². The molecule has 2 aromatic carbocycles. The molecule has 3 N–H and O–H groups in total. The van der Waals surface area contributed by atoms with Crippen molar-refractivity contribution >= 4 is 11.7 Å². The third kappa shape index (κ3) is 13.0. The van der Waals surface area contributed by atoms with Crippen LogP contribution in [0.1, 0.15) is 86.7 Å². The fourth-order valence-corrected chi connectivity index (χ4v) is 6.33. The van der Waals surface area contributed by atoms with Crippen LogP contribution in [-0.4, -0.2) is 65.2 Å². The lowest BCUT2D eigenvalue weighted by Gasteiger charge is -2.33. The lowest BCUT2D eigenvalue weighted by molar-refractivity contribution is -0.134. The van der Waals surface area contributed by atoms with Gasteiger partial charge < -0.3 is 38.7 Å². The first kappa shape index (κ1) is 40.4. The van der Waals surface area contributed by atoms with Gasteiger partial charge in [-0.15, -0.1) is 0 Å². The van der Waals surface area contributed by atoms with Crippen LogP contribution in [-0.2, 0) is 24.4 Å². The van der Waals surface area contributed by atoms with Crippen LogP contribution in [0, 0.1) is 11.8 Å². The predicted octanol–water partition coefficient (Wildman–Crippen LogP) is 7.23. The van der Waals surface area contributed by atoms with E-state index in [4.69, 9.17) is 18.3 Å². The van der Waals surface area contributed by atoms with Gasteiger partial charge in [-0.3, -0.25) is 9.59 Å². The molecule has 4 unspecified atom stereocenters. The highest BCUT2D eigenvalue weighted by Gasteiger charge is 2.33. The Morgan fingerprint density at radius 3 is 1.98 bits per heavy atom. The van der Waals surface area contributed by atoms with Gasteiger partial charge in [0.05, 0.1) is 36.8 Å². The summed E-state index contributed by atoms with van der Waals surface area (Å²) in [5.74, 6) is 2.61. The quantitative estimate of drug-likeness (QED) is 0.0680. The highest BCUT2D eigenvalue weighted by Crippen LogP contribution is 2.25. The molecule has 6 atom stereocenters. The van der Waals surface area contributed by atoms with Crippen LogP contribution in [0.2, 0.25) is 0 Å². The van der Waals surface area contributed by atoms with Crippen LogP contribution in [0.4, 0.5) is 0 Å². The lowest BCUT2D eigenvalue weighted by Crippen LogP contribution is -2.51. The van der Waals surface area contributed by atoms with Gasteiger partial charge in [-0.2, -0.15) is 0 Å². The molecule has 0 spiro atoms. The zero-order chi connectivity index (χ0) is 37.5. The molecule has 2 aromatic heterocycles. The Kier molecular flexibility index (Phi) is 16.0. The summed E-state index contributed by atoms with van der Waals surface area (Å²) >= 11 is 0. The zero-order valence-electron chi connectivity index (χ0n) is 31.2. The Bertz CT molecular complexity index is 1600. The number of hydrogen-bond acceptors (Lipinski definition) is 9. The number of aliphatic hydroxyl groups is 2. The van der Waals surface area contributed by atoms with E-state index in [0.29, 0.717) is 55.8 Å². The number of aliphatic hydroxyl groups excluding tert-OH is 2. The molecule has 0 aliphatic rings. The van der Waals surface area contributed by atoms with Gasteiger partial charge in [-0.1, -0.05) is 38.1 Å². The minimum absolute atomic E-state index is 0.0936. The number of carbonyl (C=O) groups is 2. The molecule has 0 saturated heterocycles. The van der Waals surface area contributed by atoms with Crippen molar-refractivity contribution < 1.29 is 38.1 Å². The van der Waals surface area contributed by atoms with E-state index in [1.165, 1.54) is 0 Å². The summed E-state index contributed by atoms with van der Waals surface area (Å²) in [5, 5.41) is 23.9. The van der Waals surface area contributed by atoms with E-state index in [-0.39, 0.29) is 30.1 Å². The molecule has 52 heavy (non-hydrogen) atoms. The number of amides is 1. The highest BCUT2D eigenvalue weighted by atomic mass is 16.5. The molecular formula is C42H56N2O8. The first-order valence-corrected chi connectivity index (χ1v) is 18.4. The van der Waals surface area contributed by atoms with Crippen molar-refractivity contribution in [2.75, 3.05) is 14.1 Å². The van der Waals surface area contributed by atoms with Gasteiger partial charge in [-0.25, -0.2) is 0 Å². The molecule has 0 fully saturated rings. The normalized spacial score (nSPS) is 14.9. The zero-order valence-corrected chi connectivity index (χ0v) is 31.2. The molecule has 2 heterocycles. The molecular weight excluding hydrogens is 660 g/mol. The Hall–Kier alpha value is -4.38. The number of ketones is 1. The highest BCUT2D eigenvalue weighted by molar-refractivity contribution is 6.02. The number of nitrogens with one attached hydrogen (secondary N) is 1. The van der Waals surface area contributed by atoms with Crippen LogP contribution in [0.5, 0.6) is 11.5 Å². The summed E-state index contributed by atoms with van der Waals surface area (Å²) < 4.78 is 22.3. The molecule has 10 heteroatoms. The van der Waals surface area contributed by atoms with E-state index < -0.39 is 24.3 Å². The van der Waals surface area contributed by atoms with Crippen molar-refractivity contribution in [1.82, 2.24) is 10.2 Å². The molecule has 0 bridgehead atoms. The van der Waals surface area contributed by atoms with Crippen molar-refractivity contribution in [3.8, 4) is 11.5 Å². The molecule has 0 aliphatic carbocycles. The van der Waals surface area contributed by atoms with Gasteiger partial charge in [0.2, 0.25) is 5.91 Å². The van der Waals surface area contributed by atoms with E-state index in [1.54, 1.807) is 68.8 Å². The number of carbonyl (C=O) groups excluding carboxylic acids is 2. The fourth-order valence-electron chi connectivity index (χ4n) is 6.33. The smallest absolute Gasteiger partial charge is 0.240 e. The standard InChI is InChI=1S/C42H56N2O8/c1-29(14-18-34(46)25-32-16-19-35(20-17-32)51-27-37-11-7-21-49-37)23-39(43-4)42(48)44(5)40(24-30(2)13-15-31(3)45)41(47)33-9-6-10-36(26-33)52-28-38-12-8-22-50-38/h6-12,16-17,19-22,26,29-31,34,39-40,43,45-46H,13-15,18,23-25,27-28H2,1-5H3/t29?,30?,31?,34?,39-,40-/m0/s1. The number of rotatable bonds is 23. The second kappa shape index (κ2) is 20.6. The van der Waals surface area contributed by atoms with Crippen molar-refractivity contribution in [2.45, 2.75) is 103 Å². The van der Waals surface area contributed by atoms with E-state index >= 15 is 0 Å². The molecule has 282 valence electrons. The van der Waals surface area contributed by atoms with Crippen LogP contribution < -0.4 is 14.8 Å². The van der Waals surface area contributed by atoms with Gasteiger partial charge in [0, 0.05) is 12.6 Å². The van der Waals surface area contributed by atoms with Gasteiger partial charge in [0.15, 0.2) is 5.78 Å². The predicted molar refractivity (Wildman–Crippen MR) is 200 cm³/mol. The lowest BCUT2D eigenvalue weighted by atomic mass is 9.89. The van der Waals surface area contributed by atoms with E-state index in [1.807, 2.05) is 42.5 Å². The van der Waals surface area contributed by atoms with Crippen molar-refractivity contribution in [2.24, 2.45) is 11.8 Å². The number of likely N-dealkylation sites (N-methyl/N-ethyl adjacent to an activating group) is 2. The molecule has 4 aromatic rings. The number of hydrogen-bond donors (Lipinski definition) is 3. The average Bonchev–Trinajstić information content (AvgIpc) is 3.88.